The Labute approximate surface area is 184 Å². The van der Waals surface area contributed by atoms with Crippen LogP contribution in [-0.4, -0.2) is 55.7 Å². The predicted molar refractivity (Wildman–Crippen MR) is 122 cm³/mol. The third-order valence-electron chi connectivity index (χ3n) is 5.63. The van der Waals surface area contributed by atoms with Crippen molar-refractivity contribution in [2.24, 2.45) is 0 Å². The van der Waals surface area contributed by atoms with Crippen molar-refractivity contribution in [1.82, 2.24) is 29.4 Å². The number of ether oxygens (including phenoxy) is 1. The minimum absolute atomic E-state index is 0.694. The van der Waals surface area contributed by atoms with Gasteiger partial charge < -0.3 is 9.64 Å². The first-order chi connectivity index (χ1) is 15.9. The van der Waals surface area contributed by atoms with Gasteiger partial charge in [-0.25, -0.2) is 9.67 Å². The zero-order chi connectivity index (χ0) is 21.3. The molecule has 0 saturated carbocycles. The molecular weight excluding hydrogens is 402 g/mol. The van der Waals surface area contributed by atoms with Crippen LogP contribution in [0, 0.1) is 0 Å². The van der Waals surface area contributed by atoms with Gasteiger partial charge in [0.15, 0.2) is 5.65 Å². The van der Waals surface area contributed by atoms with Crippen molar-refractivity contribution in [3.8, 4) is 28.3 Å². The number of anilines is 1. The van der Waals surface area contributed by atoms with Crippen molar-refractivity contribution < 1.29 is 4.74 Å². The summed E-state index contributed by atoms with van der Waals surface area (Å²) < 4.78 is 9.42. The lowest BCUT2D eigenvalue weighted by Gasteiger charge is -2.29. The van der Waals surface area contributed by atoms with Gasteiger partial charge in [0.05, 0.1) is 42.2 Å². The van der Waals surface area contributed by atoms with Gasteiger partial charge in [0.25, 0.3) is 0 Å². The highest BCUT2D eigenvalue weighted by molar-refractivity contribution is 5.70. The summed E-state index contributed by atoms with van der Waals surface area (Å²) in [5.74, 6) is 0.995. The normalized spacial score (nSPS) is 14.2. The quantitative estimate of drug-likeness (QED) is 0.441. The highest BCUT2D eigenvalue weighted by Gasteiger charge is 2.20. The maximum atomic E-state index is 5.58. The Kier molecular flexibility index (Phi) is 4.62. The molecule has 1 aliphatic rings. The molecule has 1 aromatic carbocycles. The molecule has 8 nitrogen and oxygen atoms in total. The molecule has 5 heterocycles. The van der Waals surface area contributed by atoms with Gasteiger partial charge >= 0.3 is 0 Å². The van der Waals surface area contributed by atoms with E-state index in [1.165, 1.54) is 0 Å². The van der Waals surface area contributed by atoms with Crippen molar-refractivity contribution in [1.29, 1.82) is 0 Å². The van der Waals surface area contributed by atoms with Crippen LogP contribution in [0.2, 0.25) is 0 Å². The Morgan fingerprint density at radius 1 is 0.812 bits per heavy atom. The van der Waals surface area contributed by atoms with E-state index in [9.17, 15) is 0 Å². The smallest absolute Gasteiger partial charge is 0.158 e. The van der Waals surface area contributed by atoms with Gasteiger partial charge in [0.2, 0.25) is 0 Å². The van der Waals surface area contributed by atoms with Gasteiger partial charge in [0, 0.05) is 43.2 Å². The van der Waals surface area contributed by atoms with Crippen LogP contribution in [0.5, 0.6) is 0 Å². The number of hydrogen-bond acceptors (Lipinski definition) is 6. The number of fused-ring (bicyclic) bond motifs is 1. The van der Waals surface area contributed by atoms with Gasteiger partial charge in [0.1, 0.15) is 5.82 Å². The molecule has 8 heteroatoms. The van der Waals surface area contributed by atoms with E-state index in [4.69, 9.17) is 14.8 Å². The zero-order valence-electron chi connectivity index (χ0n) is 17.4. The lowest BCUT2D eigenvalue weighted by Crippen LogP contribution is -2.37. The highest BCUT2D eigenvalue weighted by Crippen LogP contribution is 2.29. The van der Waals surface area contributed by atoms with Crippen LogP contribution in [0.4, 0.5) is 5.82 Å². The zero-order valence-corrected chi connectivity index (χ0v) is 17.4. The van der Waals surface area contributed by atoms with E-state index < -0.39 is 0 Å². The standard InChI is InChI=1S/C24H21N7O/c1-2-4-19(5-3-1)30-22(8-11-26-30)21-17-24(29-12-14-32-15-13-29)31-23(27-21)16-20(28-31)18-6-9-25-10-7-18/h1-11,16-17H,12-15H2. The second-order valence-corrected chi connectivity index (χ2v) is 7.60. The lowest BCUT2D eigenvalue weighted by molar-refractivity contribution is 0.122. The Morgan fingerprint density at radius 3 is 2.44 bits per heavy atom. The molecule has 0 radical (unpaired) electrons. The fourth-order valence-electron chi connectivity index (χ4n) is 4.04. The maximum absolute atomic E-state index is 5.58. The van der Waals surface area contributed by atoms with Crippen LogP contribution >= 0.6 is 0 Å². The molecule has 32 heavy (non-hydrogen) atoms. The average molecular weight is 423 g/mol. The van der Waals surface area contributed by atoms with Crippen molar-refractivity contribution >= 4 is 11.5 Å². The molecule has 0 bridgehead atoms. The van der Waals surface area contributed by atoms with Crippen molar-refractivity contribution in [2.45, 2.75) is 0 Å². The third-order valence-corrected chi connectivity index (χ3v) is 5.63. The van der Waals surface area contributed by atoms with Crippen LogP contribution in [-0.2, 0) is 4.74 Å². The van der Waals surface area contributed by atoms with Crippen LogP contribution in [0.25, 0.3) is 34.0 Å². The fraction of sp³-hybridized carbons (Fsp3) is 0.167. The molecule has 1 aliphatic heterocycles. The summed E-state index contributed by atoms with van der Waals surface area (Å²) in [6, 6.07) is 20.1. The Morgan fingerprint density at radius 2 is 1.62 bits per heavy atom. The van der Waals surface area contributed by atoms with E-state index in [-0.39, 0.29) is 0 Å². The van der Waals surface area contributed by atoms with E-state index >= 15 is 0 Å². The number of nitrogens with zero attached hydrogens (tertiary/aromatic N) is 7. The van der Waals surface area contributed by atoms with Gasteiger partial charge in [-0.1, -0.05) is 18.2 Å². The van der Waals surface area contributed by atoms with E-state index in [0.717, 1.165) is 52.9 Å². The molecule has 0 atom stereocenters. The Balaban J connectivity index is 1.53. The van der Waals surface area contributed by atoms with Crippen molar-refractivity contribution in [2.75, 3.05) is 31.2 Å². The first kappa shape index (κ1) is 18.7. The molecule has 0 amide bonds. The highest BCUT2D eigenvalue weighted by atomic mass is 16.5. The molecule has 6 rings (SSSR count). The number of rotatable bonds is 4. The summed E-state index contributed by atoms with van der Waals surface area (Å²) in [7, 11) is 0. The Bertz CT molecular complexity index is 1360. The topological polar surface area (TPSA) is 73.4 Å². The van der Waals surface area contributed by atoms with Gasteiger partial charge in [-0.15, -0.1) is 0 Å². The molecule has 0 unspecified atom stereocenters. The van der Waals surface area contributed by atoms with E-state index in [0.29, 0.717) is 13.2 Å². The molecule has 0 aliphatic carbocycles. The number of para-hydroxylation sites is 1. The first-order valence-electron chi connectivity index (χ1n) is 10.6. The lowest BCUT2D eigenvalue weighted by atomic mass is 10.2. The fourth-order valence-corrected chi connectivity index (χ4v) is 4.04. The molecule has 5 aromatic rings. The van der Waals surface area contributed by atoms with E-state index in [1.807, 2.05) is 63.8 Å². The second-order valence-electron chi connectivity index (χ2n) is 7.60. The SMILES string of the molecule is c1ccc(-n2nccc2-c2cc(N3CCOCC3)n3nc(-c4ccncc4)cc3n2)cc1. The molecule has 0 N–H and O–H groups in total. The number of benzene rings is 1. The molecule has 1 fully saturated rings. The van der Waals surface area contributed by atoms with Crippen LogP contribution in [0.3, 0.4) is 0 Å². The summed E-state index contributed by atoms with van der Waals surface area (Å²) in [6.45, 7) is 3.00. The second kappa shape index (κ2) is 7.90. The minimum Gasteiger partial charge on any atom is -0.378 e. The predicted octanol–water partition coefficient (Wildman–Crippen LogP) is 3.48. The number of pyridine rings is 1. The van der Waals surface area contributed by atoms with Gasteiger partial charge in [-0.3, -0.25) is 4.98 Å². The van der Waals surface area contributed by atoms with Crippen molar-refractivity contribution in [3.63, 3.8) is 0 Å². The summed E-state index contributed by atoms with van der Waals surface area (Å²) in [5.41, 5.74) is 5.43. The number of morpholine rings is 1. The summed E-state index contributed by atoms with van der Waals surface area (Å²) in [5, 5.41) is 9.43. The first-order valence-corrected chi connectivity index (χ1v) is 10.6. The molecule has 0 spiro atoms. The van der Waals surface area contributed by atoms with E-state index in [1.54, 1.807) is 18.6 Å². The average Bonchev–Trinajstić information content (AvgIpc) is 3.53. The molecule has 4 aromatic heterocycles. The van der Waals surface area contributed by atoms with Crippen molar-refractivity contribution in [3.05, 3.63) is 79.3 Å². The molecule has 158 valence electrons. The minimum atomic E-state index is 0.694. The Hall–Kier alpha value is -4.04. The van der Waals surface area contributed by atoms with E-state index in [2.05, 4.69) is 21.0 Å². The van der Waals surface area contributed by atoms with Gasteiger partial charge in [-0.2, -0.15) is 14.7 Å². The van der Waals surface area contributed by atoms with Crippen LogP contribution in [0.15, 0.2) is 79.3 Å². The summed E-state index contributed by atoms with van der Waals surface area (Å²) in [6.07, 6.45) is 5.36. The monoisotopic (exact) mass is 423 g/mol. The van der Waals surface area contributed by atoms with Crippen LogP contribution in [0.1, 0.15) is 0 Å². The molecule has 1 saturated heterocycles. The maximum Gasteiger partial charge on any atom is 0.158 e. The number of hydrogen-bond donors (Lipinski definition) is 0. The van der Waals surface area contributed by atoms with Gasteiger partial charge in [-0.05, 0) is 30.3 Å². The summed E-state index contributed by atoms with van der Waals surface area (Å²) >= 11 is 0. The number of aromatic nitrogens is 6. The van der Waals surface area contributed by atoms with Crippen LogP contribution < -0.4 is 4.90 Å². The molecular formula is C24H21N7O. The summed E-state index contributed by atoms with van der Waals surface area (Å²) in [4.78, 5) is 11.4. The third kappa shape index (κ3) is 3.30. The largest absolute Gasteiger partial charge is 0.378 e.